The molecule has 0 amide bonds. The molecule has 0 nitrogen and oxygen atoms in total. The predicted octanol–water partition coefficient (Wildman–Crippen LogP) is 2.50. The Morgan fingerprint density at radius 2 is 2.00 bits per heavy atom. The Labute approximate surface area is 63.4 Å². The predicted molar refractivity (Wildman–Crippen MR) is 45.8 cm³/mol. The van der Waals surface area contributed by atoms with E-state index in [-0.39, 0.29) is 0 Å². The van der Waals surface area contributed by atoms with Crippen LogP contribution in [0, 0.1) is 11.8 Å². The lowest BCUT2D eigenvalue weighted by Crippen LogP contribution is -1.76. The summed E-state index contributed by atoms with van der Waals surface area (Å²) in [6.45, 7) is 1.89. The minimum atomic E-state index is 1.01. The number of thiol groups is 1. The van der Waals surface area contributed by atoms with Crippen molar-refractivity contribution >= 4 is 12.6 Å². The minimum Gasteiger partial charge on any atom is -0.179 e. The highest BCUT2D eigenvalue weighted by Gasteiger charge is 1.82. The maximum Gasteiger partial charge on any atom is 0.00885 e. The van der Waals surface area contributed by atoms with Gasteiger partial charge in [-0.25, -0.2) is 0 Å². The van der Waals surface area contributed by atoms with Gasteiger partial charge < -0.3 is 0 Å². The fraction of sp³-hybridized carbons (Fsp3) is 0.750. The standard InChI is InChI=1S/C8H14S/c1-2-3-4-5-6-7-8-9/h9H,4-8H2,1H3. The van der Waals surface area contributed by atoms with E-state index in [0.29, 0.717) is 0 Å². The van der Waals surface area contributed by atoms with Crippen LogP contribution in [0.15, 0.2) is 0 Å². The fourth-order valence-electron chi connectivity index (χ4n) is 0.627. The summed E-state index contributed by atoms with van der Waals surface area (Å²) in [5, 5.41) is 0. The zero-order valence-corrected chi connectivity index (χ0v) is 6.88. The first-order valence-electron chi connectivity index (χ1n) is 3.42. The molecule has 0 saturated heterocycles. The van der Waals surface area contributed by atoms with Gasteiger partial charge in [-0.05, 0) is 25.5 Å². The number of unbranched alkanes of at least 4 members (excludes halogenated alkanes) is 3. The average Bonchev–Trinajstić information content (AvgIpc) is 1.89. The van der Waals surface area contributed by atoms with E-state index in [0.717, 1.165) is 12.2 Å². The molecule has 9 heavy (non-hydrogen) atoms. The van der Waals surface area contributed by atoms with Gasteiger partial charge in [0.05, 0.1) is 0 Å². The van der Waals surface area contributed by atoms with Crippen molar-refractivity contribution < 1.29 is 0 Å². The number of hydrogen-bond acceptors (Lipinski definition) is 1. The third-order valence-corrected chi connectivity index (χ3v) is 1.45. The van der Waals surface area contributed by atoms with Crippen molar-refractivity contribution in [1.82, 2.24) is 0 Å². The normalized spacial score (nSPS) is 8.22. The molecule has 0 aromatic carbocycles. The third-order valence-electron chi connectivity index (χ3n) is 1.14. The number of rotatable bonds is 4. The van der Waals surface area contributed by atoms with Crippen molar-refractivity contribution in [1.29, 1.82) is 0 Å². The molecule has 0 atom stereocenters. The van der Waals surface area contributed by atoms with Gasteiger partial charge in [0.1, 0.15) is 0 Å². The highest BCUT2D eigenvalue weighted by Crippen LogP contribution is 1.98. The van der Waals surface area contributed by atoms with Gasteiger partial charge in [0.15, 0.2) is 0 Å². The van der Waals surface area contributed by atoms with Crippen LogP contribution in [-0.2, 0) is 0 Å². The van der Waals surface area contributed by atoms with E-state index in [1.165, 1.54) is 19.3 Å². The fourth-order valence-corrected chi connectivity index (χ4v) is 0.851. The molecule has 0 bridgehead atoms. The Hall–Kier alpha value is -0.0900. The van der Waals surface area contributed by atoms with Crippen LogP contribution in [-0.4, -0.2) is 5.75 Å². The van der Waals surface area contributed by atoms with Crippen LogP contribution in [0.4, 0.5) is 0 Å². The third kappa shape index (κ3) is 7.91. The molecule has 0 aliphatic heterocycles. The summed E-state index contributed by atoms with van der Waals surface area (Å²) in [6.07, 6.45) is 4.80. The van der Waals surface area contributed by atoms with Gasteiger partial charge in [0.25, 0.3) is 0 Å². The number of hydrogen-bond donors (Lipinski definition) is 1. The van der Waals surface area contributed by atoms with Crippen LogP contribution in [0.25, 0.3) is 0 Å². The van der Waals surface area contributed by atoms with Crippen LogP contribution in [0.2, 0.25) is 0 Å². The molecular weight excluding hydrogens is 128 g/mol. The molecule has 0 fully saturated rings. The Morgan fingerprint density at radius 1 is 1.22 bits per heavy atom. The van der Waals surface area contributed by atoms with Crippen LogP contribution in [0.1, 0.15) is 32.6 Å². The van der Waals surface area contributed by atoms with Crippen LogP contribution in [0.5, 0.6) is 0 Å². The lowest BCUT2D eigenvalue weighted by Gasteiger charge is -1.90. The van der Waals surface area contributed by atoms with Crippen LogP contribution >= 0.6 is 12.6 Å². The van der Waals surface area contributed by atoms with Gasteiger partial charge >= 0.3 is 0 Å². The Kier molecular flexibility index (Phi) is 7.83. The lowest BCUT2D eigenvalue weighted by molar-refractivity contribution is 0.744. The van der Waals surface area contributed by atoms with Gasteiger partial charge in [-0.2, -0.15) is 12.6 Å². The maximum atomic E-state index is 4.11. The van der Waals surface area contributed by atoms with Gasteiger partial charge in [-0.15, -0.1) is 11.8 Å². The first-order valence-corrected chi connectivity index (χ1v) is 4.05. The molecule has 0 aliphatic carbocycles. The molecule has 0 unspecified atom stereocenters. The van der Waals surface area contributed by atoms with Gasteiger partial charge in [0, 0.05) is 6.42 Å². The van der Waals surface area contributed by atoms with Crippen molar-refractivity contribution in [3.8, 4) is 11.8 Å². The van der Waals surface area contributed by atoms with E-state index >= 15 is 0 Å². The first-order chi connectivity index (χ1) is 4.41. The topological polar surface area (TPSA) is 0 Å². The molecule has 0 aromatic rings. The quantitative estimate of drug-likeness (QED) is 0.348. The molecule has 1 heteroatoms. The summed E-state index contributed by atoms with van der Waals surface area (Å²) < 4.78 is 0. The monoisotopic (exact) mass is 142 g/mol. The second-order valence-electron chi connectivity index (χ2n) is 1.96. The zero-order chi connectivity index (χ0) is 6.95. The van der Waals surface area contributed by atoms with Crippen molar-refractivity contribution in [2.24, 2.45) is 0 Å². The first kappa shape index (κ1) is 8.91. The maximum absolute atomic E-state index is 4.11. The Balaban J connectivity index is 2.80. The van der Waals surface area contributed by atoms with E-state index in [1.807, 2.05) is 6.92 Å². The average molecular weight is 142 g/mol. The largest absolute Gasteiger partial charge is 0.179 e. The molecule has 0 aliphatic rings. The molecule has 52 valence electrons. The van der Waals surface area contributed by atoms with E-state index in [1.54, 1.807) is 0 Å². The van der Waals surface area contributed by atoms with Gasteiger partial charge in [-0.1, -0.05) is 6.42 Å². The SMILES string of the molecule is CC#CCCCCCS. The summed E-state index contributed by atoms with van der Waals surface area (Å²) >= 11 is 4.11. The lowest BCUT2D eigenvalue weighted by atomic mass is 10.2. The van der Waals surface area contributed by atoms with E-state index in [4.69, 9.17) is 0 Å². The van der Waals surface area contributed by atoms with E-state index in [9.17, 15) is 0 Å². The molecular formula is C8H14S. The van der Waals surface area contributed by atoms with Crippen LogP contribution in [0.3, 0.4) is 0 Å². The minimum absolute atomic E-state index is 1.01. The molecule has 0 saturated carbocycles. The highest BCUT2D eigenvalue weighted by molar-refractivity contribution is 7.80. The molecule has 0 aromatic heterocycles. The Morgan fingerprint density at radius 3 is 2.56 bits per heavy atom. The summed E-state index contributed by atoms with van der Waals surface area (Å²) in [5.74, 6) is 6.92. The van der Waals surface area contributed by atoms with Gasteiger partial charge in [-0.3, -0.25) is 0 Å². The van der Waals surface area contributed by atoms with Crippen molar-refractivity contribution in [3.63, 3.8) is 0 Å². The summed E-state index contributed by atoms with van der Waals surface area (Å²) in [6, 6.07) is 0. The second kappa shape index (κ2) is 7.91. The molecule has 0 N–H and O–H groups in total. The molecule has 0 heterocycles. The molecule has 0 rings (SSSR count). The zero-order valence-electron chi connectivity index (χ0n) is 5.98. The summed E-state index contributed by atoms with van der Waals surface area (Å²) in [7, 11) is 0. The summed E-state index contributed by atoms with van der Waals surface area (Å²) in [4.78, 5) is 0. The van der Waals surface area contributed by atoms with E-state index < -0.39 is 0 Å². The molecule has 0 radical (unpaired) electrons. The van der Waals surface area contributed by atoms with Crippen molar-refractivity contribution in [2.75, 3.05) is 5.75 Å². The highest BCUT2D eigenvalue weighted by atomic mass is 32.1. The van der Waals surface area contributed by atoms with Crippen molar-refractivity contribution in [2.45, 2.75) is 32.6 Å². The summed E-state index contributed by atoms with van der Waals surface area (Å²) in [5.41, 5.74) is 0. The van der Waals surface area contributed by atoms with E-state index in [2.05, 4.69) is 24.5 Å². The van der Waals surface area contributed by atoms with Gasteiger partial charge in [0.2, 0.25) is 0 Å². The second-order valence-corrected chi connectivity index (χ2v) is 2.41. The Bertz CT molecular complexity index is 96.9. The van der Waals surface area contributed by atoms with Crippen LogP contribution < -0.4 is 0 Å². The van der Waals surface area contributed by atoms with Crippen molar-refractivity contribution in [3.05, 3.63) is 0 Å². The molecule has 0 spiro atoms. The smallest absolute Gasteiger partial charge is 0.00885 e.